The lowest BCUT2D eigenvalue weighted by atomic mass is 10.1. The molecule has 0 radical (unpaired) electrons. The third-order valence-electron chi connectivity index (χ3n) is 2.34. The van der Waals surface area contributed by atoms with Crippen LogP contribution in [-0.2, 0) is 0 Å². The van der Waals surface area contributed by atoms with Gasteiger partial charge in [0.15, 0.2) is 0 Å². The molecule has 2 aromatic rings. The predicted octanol–water partition coefficient (Wildman–Crippen LogP) is 4.77. The molecule has 17 heavy (non-hydrogen) atoms. The maximum Gasteiger partial charge on any atom is 0.126 e. The highest BCUT2D eigenvalue weighted by Crippen LogP contribution is 2.36. The number of hydrogen-bond acceptors (Lipinski definition) is 2. The van der Waals surface area contributed by atoms with Crippen LogP contribution in [0.1, 0.15) is 23.6 Å². The molecular weight excluding hydrogens is 303 g/mol. The minimum Gasteiger partial charge on any atom is -0.494 e. The second-order valence-corrected chi connectivity index (χ2v) is 4.85. The van der Waals surface area contributed by atoms with Crippen LogP contribution in [0.25, 0.3) is 0 Å². The summed E-state index contributed by atoms with van der Waals surface area (Å²) in [4.78, 5) is 0. The van der Waals surface area contributed by atoms with E-state index in [2.05, 4.69) is 15.9 Å². The van der Waals surface area contributed by atoms with Gasteiger partial charge in [-0.3, -0.25) is 0 Å². The Bertz CT molecular complexity index is 482. The summed E-state index contributed by atoms with van der Waals surface area (Å²) >= 11 is 9.83. The first-order valence-corrected chi connectivity index (χ1v) is 6.55. The highest BCUT2D eigenvalue weighted by molar-refractivity contribution is 9.10. The molecule has 0 N–H and O–H groups in total. The van der Waals surface area contributed by atoms with Gasteiger partial charge < -0.3 is 9.15 Å². The second kappa shape index (κ2) is 5.61. The molecular formula is C13H12BrClO2. The Morgan fingerprint density at radius 1 is 1.41 bits per heavy atom. The maximum atomic E-state index is 6.39. The lowest BCUT2D eigenvalue weighted by molar-refractivity contribution is 0.336. The average molecular weight is 316 g/mol. The molecule has 1 aromatic heterocycles. The molecule has 0 fully saturated rings. The van der Waals surface area contributed by atoms with E-state index in [0.717, 1.165) is 15.8 Å². The molecule has 0 aliphatic rings. The summed E-state index contributed by atoms with van der Waals surface area (Å²) in [5.41, 5.74) is 0.901. The summed E-state index contributed by atoms with van der Waals surface area (Å²) in [6.07, 6.45) is 1.61. The zero-order valence-electron chi connectivity index (χ0n) is 9.32. The van der Waals surface area contributed by atoms with Crippen LogP contribution < -0.4 is 4.74 Å². The normalized spacial score (nSPS) is 12.4. The van der Waals surface area contributed by atoms with Gasteiger partial charge in [0.25, 0.3) is 0 Å². The van der Waals surface area contributed by atoms with E-state index in [4.69, 9.17) is 20.8 Å². The lowest BCUT2D eigenvalue weighted by Crippen LogP contribution is -1.99. The Kier molecular flexibility index (Phi) is 4.13. The van der Waals surface area contributed by atoms with Crippen molar-refractivity contribution in [3.8, 4) is 5.75 Å². The SMILES string of the molecule is CCOc1ccc(Br)cc1C(Cl)c1ccco1. The topological polar surface area (TPSA) is 22.4 Å². The second-order valence-electron chi connectivity index (χ2n) is 3.49. The fourth-order valence-electron chi connectivity index (χ4n) is 1.59. The van der Waals surface area contributed by atoms with E-state index in [1.807, 2.05) is 37.3 Å². The molecule has 0 aliphatic heterocycles. The molecule has 1 unspecified atom stereocenters. The minimum atomic E-state index is -0.343. The van der Waals surface area contributed by atoms with Gasteiger partial charge in [-0.2, -0.15) is 0 Å². The zero-order chi connectivity index (χ0) is 12.3. The number of alkyl halides is 1. The van der Waals surface area contributed by atoms with Crippen LogP contribution in [-0.4, -0.2) is 6.61 Å². The molecule has 4 heteroatoms. The first kappa shape index (κ1) is 12.5. The number of hydrogen-bond donors (Lipinski definition) is 0. The monoisotopic (exact) mass is 314 g/mol. The van der Waals surface area contributed by atoms with Crippen molar-refractivity contribution in [2.75, 3.05) is 6.61 Å². The maximum absolute atomic E-state index is 6.39. The van der Waals surface area contributed by atoms with Crippen molar-refractivity contribution in [1.82, 2.24) is 0 Å². The van der Waals surface area contributed by atoms with Crippen molar-refractivity contribution in [3.63, 3.8) is 0 Å². The van der Waals surface area contributed by atoms with Crippen molar-refractivity contribution >= 4 is 27.5 Å². The van der Waals surface area contributed by atoms with Crippen LogP contribution in [0, 0.1) is 0 Å². The molecule has 2 nitrogen and oxygen atoms in total. The van der Waals surface area contributed by atoms with E-state index in [1.165, 1.54) is 0 Å². The van der Waals surface area contributed by atoms with Crippen LogP contribution in [0.3, 0.4) is 0 Å². The number of furan rings is 1. The number of rotatable bonds is 4. The van der Waals surface area contributed by atoms with E-state index in [1.54, 1.807) is 6.26 Å². The molecule has 0 spiro atoms. The zero-order valence-corrected chi connectivity index (χ0v) is 11.7. The molecule has 1 heterocycles. The molecule has 0 aliphatic carbocycles. The number of ether oxygens (including phenoxy) is 1. The fraction of sp³-hybridized carbons (Fsp3) is 0.231. The van der Waals surface area contributed by atoms with Crippen LogP contribution in [0.2, 0.25) is 0 Å². The Morgan fingerprint density at radius 3 is 2.88 bits per heavy atom. The average Bonchev–Trinajstić information content (AvgIpc) is 2.84. The Labute approximate surface area is 114 Å². The van der Waals surface area contributed by atoms with Gasteiger partial charge >= 0.3 is 0 Å². The van der Waals surface area contributed by atoms with E-state index in [9.17, 15) is 0 Å². The van der Waals surface area contributed by atoms with Crippen LogP contribution >= 0.6 is 27.5 Å². The summed E-state index contributed by atoms with van der Waals surface area (Å²) in [5.74, 6) is 1.50. The Hall–Kier alpha value is -0.930. The van der Waals surface area contributed by atoms with E-state index in [-0.39, 0.29) is 5.38 Å². The van der Waals surface area contributed by atoms with E-state index >= 15 is 0 Å². The minimum absolute atomic E-state index is 0.343. The van der Waals surface area contributed by atoms with Crippen LogP contribution in [0.4, 0.5) is 0 Å². The van der Waals surface area contributed by atoms with Crippen molar-refractivity contribution in [2.45, 2.75) is 12.3 Å². The van der Waals surface area contributed by atoms with Gasteiger partial charge in [0.2, 0.25) is 0 Å². The molecule has 0 bridgehead atoms. The Morgan fingerprint density at radius 2 is 2.24 bits per heavy atom. The van der Waals surface area contributed by atoms with Crippen molar-refractivity contribution in [2.24, 2.45) is 0 Å². The third kappa shape index (κ3) is 2.85. The smallest absolute Gasteiger partial charge is 0.126 e. The Balaban J connectivity index is 2.38. The summed E-state index contributed by atoms with van der Waals surface area (Å²) in [6.45, 7) is 2.55. The van der Waals surface area contributed by atoms with Gasteiger partial charge in [-0.15, -0.1) is 11.6 Å². The third-order valence-corrected chi connectivity index (χ3v) is 3.28. The molecule has 1 atom stereocenters. The van der Waals surface area contributed by atoms with Gasteiger partial charge in [-0.1, -0.05) is 15.9 Å². The number of benzene rings is 1. The first-order chi connectivity index (χ1) is 8.22. The quantitative estimate of drug-likeness (QED) is 0.758. The van der Waals surface area contributed by atoms with Gasteiger partial charge in [-0.05, 0) is 37.3 Å². The van der Waals surface area contributed by atoms with Crippen molar-refractivity contribution in [3.05, 3.63) is 52.4 Å². The van der Waals surface area contributed by atoms with E-state index < -0.39 is 0 Å². The molecule has 0 saturated carbocycles. The summed E-state index contributed by atoms with van der Waals surface area (Å²) < 4.78 is 11.9. The van der Waals surface area contributed by atoms with E-state index in [0.29, 0.717) is 12.4 Å². The van der Waals surface area contributed by atoms with Gasteiger partial charge in [-0.25, -0.2) is 0 Å². The molecule has 2 rings (SSSR count). The standard InChI is InChI=1S/C13H12BrClO2/c1-2-16-11-6-5-9(14)8-10(11)13(15)12-4-3-7-17-12/h3-8,13H,2H2,1H3. The van der Waals surface area contributed by atoms with Crippen LogP contribution in [0.5, 0.6) is 5.75 Å². The lowest BCUT2D eigenvalue weighted by Gasteiger charge is -2.13. The predicted molar refractivity (Wildman–Crippen MR) is 71.7 cm³/mol. The fourth-order valence-corrected chi connectivity index (χ4v) is 2.27. The van der Waals surface area contributed by atoms with Gasteiger partial charge in [0, 0.05) is 10.0 Å². The van der Waals surface area contributed by atoms with Gasteiger partial charge in [0.1, 0.15) is 16.9 Å². The highest BCUT2D eigenvalue weighted by Gasteiger charge is 2.18. The van der Waals surface area contributed by atoms with Crippen LogP contribution in [0.15, 0.2) is 45.5 Å². The summed E-state index contributed by atoms with van der Waals surface area (Å²) in [7, 11) is 0. The largest absolute Gasteiger partial charge is 0.494 e. The van der Waals surface area contributed by atoms with Gasteiger partial charge in [0.05, 0.1) is 12.9 Å². The summed E-state index contributed by atoms with van der Waals surface area (Å²) in [5, 5.41) is -0.343. The molecule has 0 saturated heterocycles. The van der Waals surface area contributed by atoms with Crippen molar-refractivity contribution in [1.29, 1.82) is 0 Å². The molecule has 0 amide bonds. The first-order valence-electron chi connectivity index (χ1n) is 5.32. The molecule has 90 valence electrons. The van der Waals surface area contributed by atoms with Crippen molar-refractivity contribution < 1.29 is 9.15 Å². The highest BCUT2D eigenvalue weighted by atomic mass is 79.9. The molecule has 1 aromatic carbocycles. The number of halogens is 2. The summed E-state index contributed by atoms with van der Waals surface area (Å²) in [6, 6.07) is 9.46.